The van der Waals surface area contributed by atoms with Gasteiger partial charge in [-0.05, 0) is 23.8 Å². The summed E-state index contributed by atoms with van der Waals surface area (Å²) in [6.45, 7) is 0.0777. The van der Waals surface area contributed by atoms with E-state index >= 15 is 0 Å². The third-order valence-corrected chi connectivity index (χ3v) is 2.21. The smallest absolute Gasteiger partial charge is 0.289 e. The van der Waals surface area contributed by atoms with Crippen molar-refractivity contribution in [3.63, 3.8) is 0 Å². The summed E-state index contributed by atoms with van der Waals surface area (Å²) < 4.78 is 25.6. The summed E-state index contributed by atoms with van der Waals surface area (Å²) in [5.41, 5.74) is 0.457. The van der Waals surface area contributed by atoms with Gasteiger partial charge in [0.05, 0.1) is 0 Å². The molecule has 92 valence electrons. The third-order valence-electron chi connectivity index (χ3n) is 2.21. The highest BCUT2D eigenvalue weighted by atomic mass is 19.2. The number of rotatable bonds is 3. The molecule has 2 aromatic rings. The Kier molecular flexibility index (Phi) is 3.57. The average Bonchev–Trinajstić information content (AvgIpc) is 2.41. The van der Waals surface area contributed by atoms with E-state index in [2.05, 4.69) is 15.3 Å². The van der Waals surface area contributed by atoms with Crippen LogP contribution in [-0.2, 0) is 6.54 Å². The van der Waals surface area contributed by atoms with E-state index in [1.54, 1.807) is 6.07 Å². The van der Waals surface area contributed by atoms with Crippen molar-refractivity contribution >= 4 is 5.91 Å². The van der Waals surface area contributed by atoms with Crippen LogP contribution in [0, 0.1) is 11.6 Å². The minimum atomic E-state index is -0.947. The van der Waals surface area contributed by atoms with Gasteiger partial charge in [-0.15, -0.1) is 0 Å². The van der Waals surface area contributed by atoms with Crippen LogP contribution in [0.5, 0.6) is 0 Å². The van der Waals surface area contributed by atoms with Gasteiger partial charge in [-0.3, -0.25) is 4.79 Å². The van der Waals surface area contributed by atoms with Gasteiger partial charge in [0.15, 0.2) is 11.6 Å². The first-order valence-electron chi connectivity index (χ1n) is 5.16. The molecule has 18 heavy (non-hydrogen) atoms. The van der Waals surface area contributed by atoms with Crippen LogP contribution >= 0.6 is 0 Å². The van der Waals surface area contributed by atoms with E-state index in [1.807, 2.05) is 0 Å². The third kappa shape index (κ3) is 2.85. The molecule has 6 heteroatoms. The van der Waals surface area contributed by atoms with E-state index in [0.717, 1.165) is 12.1 Å². The summed E-state index contributed by atoms with van der Waals surface area (Å²) in [6.07, 6.45) is 2.89. The molecule has 4 nitrogen and oxygen atoms in total. The molecule has 0 radical (unpaired) electrons. The first-order chi connectivity index (χ1) is 8.66. The molecule has 1 amide bonds. The minimum Gasteiger partial charge on any atom is -0.345 e. The molecule has 0 aliphatic heterocycles. The Hall–Kier alpha value is -2.37. The summed E-state index contributed by atoms with van der Waals surface area (Å²) in [5.74, 6) is -2.31. The number of hydrogen-bond acceptors (Lipinski definition) is 3. The van der Waals surface area contributed by atoms with Crippen molar-refractivity contribution in [2.75, 3.05) is 0 Å². The zero-order valence-corrected chi connectivity index (χ0v) is 9.23. The Bertz CT molecular complexity index is 561. The summed E-state index contributed by atoms with van der Waals surface area (Å²) in [6, 6.07) is 5.02. The minimum absolute atomic E-state index is 0.0279. The Labute approximate surface area is 102 Å². The highest BCUT2D eigenvalue weighted by Crippen LogP contribution is 2.08. The Morgan fingerprint density at radius 1 is 1.17 bits per heavy atom. The number of aromatic nitrogens is 2. The average molecular weight is 249 g/mol. The second-order valence-corrected chi connectivity index (χ2v) is 3.50. The fourth-order valence-corrected chi connectivity index (χ4v) is 1.33. The van der Waals surface area contributed by atoms with Gasteiger partial charge >= 0.3 is 0 Å². The predicted octanol–water partition coefficient (Wildman–Crippen LogP) is 1.68. The molecular formula is C12H9F2N3O. The van der Waals surface area contributed by atoms with E-state index in [4.69, 9.17) is 0 Å². The van der Waals surface area contributed by atoms with Gasteiger partial charge in [-0.1, -0.05) is 6.07 Å². The number of carbonyl (C=O) groups excluding carboxylic acids is 1. The number of carbonyl (C=O) groups is 1. The standard InChI is InChI=1S/C12H9F2N3O/c13-9-3-2-8(6-10(9)14)7-17-12(18)11-15-4-1-5-16-11/h1-6H,7H2,(H,17,18). The van der Waals surface area contributed by atoms with E-state index in [0.29, 0.717) is 5.56 Å². The quantitative estimate of drug-likeness (QED) is 0.900. The SMILES string of the molecule is O=C(NCc1ccc(F)c(F)c1)c1ncccn1. The van der Waals surface area contributed by atoms with Crippen molar-refractivity contribution in [2.24, 2.45) is 0 Å². The summed E-state index contributed by atoms with van der Waals surface area (Å²) >= 11 is 0. The lowest BCUT2D eigenvalue weighted by atomic mass is 10.2. The Morgan fingerprint density at radius 2 is 1.89 bits per heavy atom. The first kappa shape index (κ1) is 12.1. The van der Waals surface area contributed by atoms with E-state index in [9.17, 15) is 13.6 Å². The van der Waals surface area contributed by atoms with Crippen molar-refractivity contribution in [1.82, 2.24) is 15.3 Å². The van der Waals surface area contributed by atoms with Crippen LogP contribution in [0.4, 0.5) is 8.78 Å². The van der Waals surface area contributed by atoms with Crippen molar-refractivity contribution in [3.05, 3.63) is 59.7 Å². The van der Waals surface area contributed by atoms with Gasteiger partial charge in [0.25, 0.3) is 5.91 Å². The second-order valence-electron chi connectivity index (χ2n) is 3.50. The van der Waals surface area contributed by atoms with Gasteiger partial charge in [0, 0.05) is 18.9 Å². The van der Waals surface area contributed by atoms with Crippen LogP contribution in [0.3, 0.4) is 0 Å². The Balaban J connectivity index is 1.99. The van der Waals surface area contributed by atoms with Crippen LogP contribution in [0.2, 0.25) is 0 Å². The monoisotopic (exact) mass is 249 g/mol. The molecule has 0 spiro atoms. The van der Waals surface area contributed by atoms with Gasteiger partial charge < -0.3 is 5.32 Å². The number of amides is 1. The molecular weight excluding hydrogens is 240 g/mol. The number of benzene rings is 1. The molecule has 0 saturated carbocycles. The normalized spacial score (nSPS) is 10.1. The largest absolute Gasteiger partial charge is 0.345 e. The van der Waals surface area contributed by atoms with Crippen LogP contribution in [0.15, 0.2) is 36.7 Å². The lowest BCUT2D eigenvalue weighted by molar-refractivity contribution is 0.0940. The van der Waals surface area contributed by atoms with E-state index < -0.39 is 17.5 Å². The molecule has 0 fully saturated rings. The van der Waals surface area contributed by atoms with Crippen molar-refractivity contribution in [2.45, 2.75) is 6.54 Å². The molecule has 0 bridgehead atoms. The molecule has 0 aliphatic rings. The van der Waals surface area contributed by atoms with Gasteiger partial charge in [-0.25, -0.2) is 18.7 Å². The molecule has 1 heterocycles. The predicted molar refractivity (Wildman–Crippen MR) is 59.6 cm³/mol. The number of nitrogens with zero attached hydrogens (tertiary/aromatic N) is 2. The molecule has 1 aromatic heterocycles. The van der Waals surface area contributed by atoms with Crippen molar-refractivity contribution in [1.29, 1.82) is 0 Å². The van der Waals surface area contributed by atoms with Gasteiger partial charge in [-0.2, -0.15) is 0 Å². The number of hydrogen-bond donors (Lipinski definition) is 1. The van der Waals surface area contributed by atoms with Gasteiger partial charge in [0.1, 0.15) is 0 Å². The second kappa shape index (κ2) is 5.31. The van der Waals surface area contributed by atoms with Crippen molar-refractivity contribution in [3.8, 4) is 0 Å². The summed E-state index contributed by atoms with van der Waals surface area (Å²) in [4.78, 5) is 19.1. The summed E-state index contributed by atoms with van der Waals surface area (Å²) in [5, 5.41) is 2.51. The molecule has 2 rings (SSSR count). The Morgan fingerprint density at radius 3 is 2.56 bits per heavy atom. The maximum absolute atomic E-state index is 12.9. The van der Waals surface area contributed by atoms with E-state index in [-0.39, 0.29) is 12.4 Å². The number of nitrogens with one attached hydrogen (secondary N) is 1. The summed E-state index contributed by atoms with van der Waals surface area (Å²) in [7, 11) is 0. The van der Waals surface area contributed by atoms with Crippen LogP contribution < -0.4 is 5.32 Å². The fourth-order valence-electron chi connectivity index (χ4n) is 1.33. The van der Waals surface area contributed by atoms with Crippen LogP contribution in [-0.4, -0.2) is 15.9 Å². The maximum atomic E-state index is 12.9. The topological polar surface area (TPSA) is 54.9 Å². The molecule has 0 saturated heterocycles. The molecule has 0 atom stereocenters. The fraction of sp³-hybridized carbons (Fsp3) is 0.0833. The zero-order chi connectivity index (χ0) is 13.0. The highest BCUT2D eigenvalue weighted by Gasteiger charge is 2.08. The highest BCUT2D eigenvalue weighted by molar-refractivity contribution is 5.90. The zero-order valence-electron chi connectivity index (χ0n) is 9.23. The lowest BCUT2D eigenvalue weighted by Crippen LogP contribution is -2.24. The maximum Gasteiger partial charge on any atom is 0.289 e. The van der Waals surface area contributed by atoms with Gasteiger partial charge in [0.2, 0.25) is 5.82 Å². The molecule has 1 aromatic carbocycles. The molecule has 1 N–H and O–H groups in total. The van der Waals surface area contributed by atoms with Crippen LogP contribution in [0.1, 0.15) is 16.2 Å². The van der Waals surface area contributed by atoms with E-state index in [1.165, 1.54) is 18.5 Å². The van der Waals surface area contributed by atoms with Crippen molar-refractivity contribution < 1.29 is 13.6 Å². The molecule has 0 unspecified atom stereocenters. The lowest BCUT2D eigenvalue weighted by Gasteiger charge is -2.04. The van der Waals surface area contributed by atoms with Crippen LogP contribution in [0.25, 0.3) is 0 Å². The first-order valence-corrected chi connectivity index (χ1v) is 5.16. The molecule has 0 aliphatic carbocycles. The number of halogens is 2.